The lowest BCUT2D eigenvalue weighted by atomic mass is 9.84. The molecule has 3 aliphatic rings. The predicted octanol–water partition coefficient (Wildman–Crippen LogP) is 2.54. The van der Waals surface area contributed by atoms with E-state index in [1.165, 1.54) is 17.7 Å². The first kappa shape index (κ1) is 15.6. The molecule has 0 aliphatic carbocycles. The van der Waals surface area contributed by atoms with Gasteiger partial charge in [0.2, 0.25) is 11.8 Å². The molecule has 3 saturated heterocycles. The number of carbonyl (C=O) groups excluding carboxylic acids is 2. The first-order chi connectivity index (χ1) is 11.5. The number of carbonyl (C=O) groups is 2. The van der Waals surface area contributed by atoms with E-state index in [1.807, 2.05) is 12.1 Å². The van der Waals surface area contributed by atoms with Crippen LogP contribution in [0.15, 0.2) is 24.3 Å². The molecule has 0 aromatic heterocycles. The summed E-state index contributed by atoms with van der Waals surface area (Å²) in [5, 5.41) is 0. The normalized spacial score (nSPS) is 32.5. The molecule has 24 heavy (non-hydrogen) atoms. The molecule has 0 unspecified atom stereocenters. The summed E-state index contributed by atoms with van der Waals surface area (Å²) in [5.41, 5.74) is 1.18. The Labute approximate surface area is 141 Å². The highest BCUT2D eigenvalue weighted by molar-refractivity contribution is 5.89. The smallest absolute Gasteiger partial charge is 0.228 e. The molecule has 128 valence electrons. The zero-order valence-electron chi connectivity index (χ0n) is 14.0. The Morgan fingerprint density at radius 2 is 1.75 bits per heavy atom. The van der Waals surface area contributed by atoms with Crippen LogP contribution in [-0.2, 0) is 9.59 Å². The van der Waals surface area contributed by atoms with Gasteiger partial charge in [-0.05, 0) is 49.3 Å². The molecule has 1 aromatic carbocycles. The van der Waals surface area contributed by atoms with E-state index in [-0.39, 0.29) is 35.6 Å². The highest BCUT2D eigenvalue weighted by Gasteiger charge is 2.46. The van der Waals surface area contributed by atoms with Crippen molar-refractivity contribution in [1.29, 1.82) is 0 Å². The minimum Gasteiger partial charge on any atom is -0.345 e. The lowest BCUT2D eigenvalue weighted by Crippen LogP contribution is -2.48. The molecular weight excluding hydrogens is 307 g/mol. The van der Waals surface area contributed by atoms with Crippen LogP contribution in [0.1, 0.15) is 43.6 Å². The topological polar surface area (TPSA) is 40.6 Å². The minimum absolute atomic E-state index is 0.0712. The Morgan fingerprint density at radius 1 is 1.12 bits per heavy atom. The van der Waals surface area contributed by atoms with Gasteiger partial charge in [-0.3, -0.25) is 9.59 Å². The Hall–Kier alpha value is -1.91. The molecule has 3 atom stereocenters. The van der Waals surface area contributed by atoms with Crippen LogP contribution in [0.2, 0.25) is 0 Å². The second kappa shape index (κ2) is 5.87. The Kier molecular flexibility index (Phi) is 3.82. The zero-order valence-corrected chi connectivity index (χ0v) is 14.0. The molecule has 4 nitrogen and oxygen atoms in total. The van der Waals surface area contributed by atoms with Crippen molar-refractivity contribution in [3.05, 3.63) is 35.6 Å². The van der Waals surface area contributed by atoms with Crippen molar-refractivity contribution in [3.8, 4) is 0 Å². The standard InChI is InChI=1S/C19H23FN2O2/c1-21-11-14(10-18(21)23)19(24)22-16-6-7-17(22)9-13(8-16)12-2-4-15(20)5-3-12/h2-5,13-14,16-17H,6-11H2,1H3/t14-,16+,17+/m1/s1. The summed E-state index contributed by atoms with van der Waals surface area (Å²) in [6.45, 7) is 0.551. The summed E-state index contributed by atoms with van der Waals surface area (Å²) >= 11 is 0. The van der Waals surface area contributed by atoms with E-state index in [0.29, 0.717) is 18.9 Å². The molecule has 2 amide bonds. The lowest BCUT2D eigenvalue weighted by molar-refractivity contribution is -0.140. The SMILES string of the molecule is CN1C[C@H](C(=O)N2[C@H]3CC[C@H]2CC(c2ccc(F)cc2)C3)CC1=O. The third-order valence-electron chi connectivity index (χ3n) is 6.02. The average Bonchev–Trinajstić information content (AvgIpc) is 3.04. The highest BCUT2D eigenvalue weighted by Crippen LogP contribution is 2.44. The van der Waals surface area contributed by atoms with Crippen molar-refractivity contribution in [1.82, 2.24) is 9.80 Å². The second-order valence-corrected chi connectivity index (χ2v) is 7.53. The molecule has 5 heteroatoms. The van der Waals surface area contributed by atoms with Gasteiger partial charge in [0.1, 0.15) is 5.82 Å². The molecular formula is C19H23FN2O2. The third kappa shape index (κ3) is 2.60. The van der Waals surface area contributed by atoms with Crippen molar-refractivity contribution in [2.45, 2.75) is 50.1 Å². The first-order valence-corrected chi connectivity index (χ1v) is 8.84. The van der Waals surface area contributed by atoms with Crippen molar-refractivity contribution >= 4 is 11.8 Å². The van der Waals surface area contributed by atoms with Crippen LogP contribution in [0.5, 0.6) is 0 Å². The first-order valence-electron chi connectivity index (χ1n) is 8.84. The number of benzene rings is 1. The third-order valence-corrected chi connectivity index (χ3v) is 6.02. The fraction of sp³-hybridized carbons (Fsp3) is 0.579. The van der Waals surface area contributed by atoms with Crippen molar-refractivity contribution in [3.63, 3.8) is 0 Å². The van der Waals surface area contributed by atoms with Gasteiger partial charge < -0.3 is 9.80 Å². The van der Waals surface area contributed by atoms with Crippen LogP contribution in [0.25, 0.3) is 0 Å². The van der Waals surface area contributed by atoms with Gasteiger partial charge in [-0.15, -0.1) is 0 Å². The van der Waals surface area contributed by atoms with Gasteiger partial charge in [0, 0.05) is 32.1 Å². The number of nitrogens with zero attached hydrogens (tertiary/aromatic N) is 2. The summed E-state index contributed by atoms with van der Waals surface area (Å²) in [4.78, 5) is 28.4. The maximum atomic E-state index is 13.1. The number of piperidine rings is 1. The summed E-state index contributed by atoms with van der Waals surface area (Å²) in [7, 11) is 1.77. The van der Waals surface area contributed by atoms with E-state index in [4.69, 9.17) is 0 Å². The van der Waals surface area contributed by atoms with Crippen LogP contribution < -0.4 is 0 Å². The maximum absolute atomic E-state index is 13.1. The van der Waals surface area contributed by atoms with Crippen LogP contribution in [0.3, 0.4) is 0 Å². The molecule has 2 bridgehead atoms. The van der Waals surface area contributed by atoms with Gasteiger partial charge in [0.15, 0.2) is 0 Å². The highest BCUT2D eigenvalue weighted by atomic mass is 19.1. The monoisotopic (exact) mass is 330 g/mol. The van der Waals surface area contributed by atoms with Crippen molar-refractivity contribution in [2.24, 2.45) is 5.92 Å². The van der Waals surface area contributed by atoms with Crippen molar-refractivity contribution < 1.29 is 14.0 Å². The number of amides is 2. The number of hydrogen-bond acceptors (Lipinski definition) is 2. The van der Waals surface area contributed by atoms with Gasteiger partial charge in [-0.25, -0.2) is 4.39 Å². The van der Waals surface area contributed by atoms with Gasteiger partial charge in [-0.1, -0.05) is 12.1 Å². The summed E-state index contributed by atoms with van der Waals surface area (Å²) in [5.74, 6) is 0.261. The zero-order chi connectivity index (χ0) is 16.8. The minimum atomic E-state index is -0.204. The Morgan fingerprint density at radius 3 is 2.29 bits per heavy atom. The average molecular weight is 330 g/mol. The number of likely N-dealkylation sites (tertiary alicyclic amines) is 1. The lowest BCUT2D eigenvalue weighted by Gasteiger charge is -2.40. The van der Waals surface area contributed by atoms with Crippen molar-refractivity contribution in [2.75, 3.05) is 13.6 Å². The Balaban J connectivity index is 1.48. The molecule has 3 heterocycles. The van der Waals surface area contributed by atoms with Crippen LogP contribution in [0.4, 0.5) is 4.39 Å². The molecule has 0 radical (unpaired) electrons. The number of halogens is 1. The van der Waals surface area contributed by atoms with E-state index < -0.39 is 0 Å². The van der Waals surface area contributed by atoms with Gasteiger partial charge in [0.25, 0.3) is 0 Å². The summed E-state index contributed by atoms with van der Waals surface area (Å²) in [6, 6.07) is 7.34. The largest absolute Gasteiger partial charge is 0.345 e. The number of hydrogen-bond donors (Lipinski definition) is 0. The number of fused-ring (bicyclic) bond motifs is 2. The van der Waals surface area contributed by atoms with Gasteiger partial charge in [-0.2, -0.15) is 0 Å². The van der Waals surface area contributed by atoms with E-state index in [0.717, 1.165) is 25.7 Å². The van der Waals surface area contributed by atoms with E-state index in [1.54, 1.807) is 11.9 Å². The predicted molar refractivity (Wildman–Crippen MR) is 87.8 cm³/mol. The molecule has 1 aromatic rings. The van der Waals surface area contributed by atoms with Gasteiger partial charge in [0.05, 0.1) is 5.92 Å². The Bertz CT molecular complexity index is 646. The van der Waals surface area contributed by atoms with Crippen LogP contribution in [0, 0.1) is 11.7 Å². The molecule has 3 fully saturated rings. The van der Waals surface area contributed by atoms with Gasteiger partial charge >= 0.3 is 0 Å². The fourth-order valence-corrected chi connectivity index (χ4v) is 4.78. The van der Waals surface area contributed by atoms with Crippen LogP contribution >= 0.6 is 0 Å². The molecule has 0 N–H and O–H groups in total. The molecule has 0 spiro atoms. The summed E-state index contributed by atoms with van der Waals surface area (Å²) in [6.07, 6.45) is 4.34. The molecule has 4 rings (SSSR count). The summed E-state index contributed by atoms with van der Waals surface area (Å²) < 4.78 is 13.1. The molecule has 3 aliphatic heterocycles. The van der Waals surface area contributed by atoms with E-state index >= 15 is 0 Å². The number of rotatable bonds is 2. The van der Waals surface area contributed by atoms with Crippen LogP contribution in [-0.4, -0.2) is 47.3 Å². The maximum Gasteiger partial charge on any atom is 0.228 e. The molecule has 0 saturated carbocycles. The van der Waals surface area contributed by atoms with E-state index in [2.05, 4.69) is 4.90 Å². The quantitative estimate of drug-likeness (QED) is 0.836. The van der Waals surface area contributed by atoms with E-state index in [9.17, 15) is 14.0 Å². The second-order valence-electron chi connectivity index (χ2n) is 7.53. The fourth-order valence-electron chi connectivity index (χ4n) is 4.78.